The summed E-state index contributed by atoms with van der Waals surface area (Å²) in [4.78, 5) is 32.7. The highest BCUT2D eigenvalue weighted by atomic mass is 35.5. The molecule has 2 amide bonds. The monoisotopic (exact) mass is 444 g/mol. The second-order valence-electron chi connectivity index (χ2n) is 6.40. The molecular formula is C18H25ClN4O5S. The van der Waals surface area contributed by atoms with E-state index in [0.29, 0.717) is 37.2 Å². The smallest absolute Gasteiger partial charge is 0.266 e. The van der Waals surface area contributed by atoms with E-state index < -0.39 is 10.0 Å². The van der Waals surface area contributed by atoms with Crippen molar-refractivity contribution in [2.75, 3.05) is 53.4 Å². The molecule has 1 saturated heterocycles. The highest BCUT2D eigenvalue weighted by molar-refractivity contribution is 7.89. The van der Waals surface area contributed by atoms with Gasteiger partial charge < -0.3 is 10.2 Å². The van der Waals surface area contributed by atoms with E-state index in [-0.39, 0.29) is 33.8 Å². The molecule has 0 radical (unpaired) electrons. The number of amides is 2. The van der Waals surface area contributed by atoms with Crippen LogP contribution >= 0.6 is 11.6 Å². The summed E-state index contributed by atoms with van der Waals surface area (Å²) in [6.07, 6.45) is 1.61. The third-order valence-corrected chi connectivity index (χ3v) is 6.68. The summed E-state index contributed by atoms with van der Waals surface area (Å²) in [6, 6.07) is 4.13. The number of hydrogen-bond donors (Lipinski definition) is 1. The van der Waals surface area contributed by atoms with Gasteiger partial charge in [-0.2, -0.15) is 0 Å². The molecule has 0 unspecified atom stereocenters. The lowest BCUT2D eigenvalue weighted by atomic mass is 10.2. The van der Waals surface area contributed by atoms with Crippen LogP contribution in [0.4, 0.5) is 0 Å². The van der Waals surface area contributed by atoms with E-state index in [1.54, 1.807) is 11.0 Å². The summed E-state index contributed by atoms with van der Waals surface area (Å²) in [5.41, 5.74) is 0.217. The molecule has 2 rings (SSSR count). The van der Waals surface area contributed by atoms with Crippen LogP contribution in [-0.4, -0.2) is 87.9 Å². The topological polar surface area (TPSA) is 99.3 Å². The highest BCUT2D eigenvalue weighted by Gasteiger charge is 2.28. The minimum atomic E-state index is -3.99. The number of rotatable bonds is 8. The van der Waals surface area contributed by atoms with Crippen LogP contribution in [0.5, 0.6) is 0 Å². The average Bonchev–Trinajstić information content (AvgIpc) is 2.71. The fraction of sp³-hybridized carbons (Fsp3) is 0.444. The Labute approximate surface area is 175 Å². The van der Waals surface area contributed by atoms with Crippen LogP contribution in [0.1, 0.15) is 10.4 Å². The second kappa shape index (κ2) is 10.2. The molecule has 1 aliphatic rings. The number of sulfonamides is 1. The normalized spacial score (nSPS) is 15.4. The first-order chi connectivity index (χ1) is 13.7. The summed E-state index contributed by atoms with van der Waals surface area (Å²) < 4.78 is 25.7. The van der Waals surface area contributed by atoms with Gasteiger partial charge in [0.25, 0.3) is 15.9 Å². The number of halogens is 1. The number of piperazine rings is 1. The molecule has 29 heavy (non-hydrogen) atoms. The Morgan fingerprint density at radius 2 is 1.97 bits per heavy atom. The third-order valence-electron chi connectivity index (χ3n) is 4.52. The number of nitrogens with zero attached hydrogens (tertiary/aromatic N) is 3. The van der Waals surface area contributed by atoms with Gasteiger partial charge in [0.05, 0.1) is 18.7 Å². The van der Waals surface area contributed by atoms with Crippen molar-refractivity contribution in [3.8, 4) is 0 Å². The molecule has 11 heteroatoms. The van der Waals surface area contributed by atoms with Crippen molar-refractivity contribution < 1.29 is 22.8 Å². The van der Waals surface area contributed by atoms with Crippen LogP contribution < -0.4 is 5.32 Å². The van der Waals surface area contributed by atoms with Crippen LogP contribution in [0.15, 0.2) is 35.7 Å². The Kier molecular flexibility index (Phi) is 8.17. The lowest BCUT2D eigenvalue weighted by molar-refractivity contribution is -0.122. The SMILES string of the molecule is C=CCNC(=O)CN1CCN(C(=O)c2ccc(Cl)c(S(=O)(=O)N(C)OC)c2)CC1. The molecule has 0 bridgehead atoms. The van der Waals surface area contributed by atoms with Gasteiger partial charge in [0, 0.05) is 45.3 Å². The van der Waals surface area contributed by atoms with Gasteiger partial charge in [-0.1, -0.05) is 22.1 Å². The zero-order chi connectivity index (χ0) is 21.6. The molecule has 0 aromatic heterocycles. The maximum Gasteiger partial charge on any atom is 0.266 e. The summed E-state index contributed by atoms with van der Waals surface area (Å²) in [7, 11) is -1.53. The number of hydrogen-bond acceptors (Lipinski definition) is 6. The van der Waals surface area contributed by atoms with Gasteiger partial charge in [-0.3, -0.25) is 19.3 Å². The molecule has 0 saturated carbocycles. The summed E-state index contributed by atoms with van der Waals surface area (Å²) in [5, 5.41) is 2.72. The second-order valence-corrected chi connectivity index (χ2v) is 8.72. The number of carbonyl (C=O) groups excluding carboxylic acids is 2. The molecule has 1 fully saturated rings. The van der Waals surface area contributed by atoms with E-state index in [1.807, 2.05) is 4.90 Å². The molecule has 1 heterocycles. The van der Waals surface area contributed by atoms with Crippen LogP contribution in [0.25, 0.3) is 0 Å². The summed E-state index contributed by atoms with van der Waals surface area (Å²) >= 11 is 6.04. The standard InChI is InChI=1S/C18H25ClN4O5S/c1-4-7-20-17(24)13-22-8-10-23(11-9-22)18(25)14-5-6-15(19)16(12-14)29(26,27)21(2)28-3/h4-6,12H,1,7-11,13H2,2-3H3,(H,20,24). The molecule has 160 valence electrons. The summed E-state index contributed by atoms with van der Waals surface area (Å²) in [6.45, 7) is 6.15. The van der Waals surface area contributed by atoms with Crippen molar-refractivity contribution in [2.45, 2.75) is 4.90 Å². The predicted octanol–water partition coefficient (Wildman–Crippen LogP) is 0.582. The fourth-order valence-corrected chi connectivity index (χ4v) is 4.28. The molecule has 0 atom stereocenters. The van der Waals surface area contributed by atoms with Gasteiger partial charge in [0.2, 0.25) is 5.91 Å². The molecule has 1 N–H and O–H groups in total. The lowest BCUT2D eigenvalue weighted by Gasteiger charge is -2.34. The van der Waals surface area contributed by atoms with Crippen molar-refractivity contribution in [3.63, 3.8) is 0 Å². The van der Waals surface area contributed by atoms with E-state index >= 15 is 0 Å². The largest absolute Gasteiger partial charge is 0.352 e. The van der Waals surface area contributed by atoms with E-state index in [9.17, 15) is 18.0 Å². The maximum absolute atomic E-state index is 12.8. The molecule has 0 aliphatic carbocycles. The first-order valence-electron chi connectivity index (χ1n) is 8.92. The third kappa shape index (κ3) is 5.77. The zero-order valence-corrected chi connectivity index (χ0v) is 18.0. The lowest BCUT2D eigenvalue weighted by Crippen LogP contribution is -2.51. The van der Waals surface area contributed by atoms with Crippen LogP contribution in [0, 0.1) is 0 Å². The predicted molar refractivity (Wildman–Crippen MR) is 109 cm³/mol. The molecule has 0 spiro atoms. The maximum atomic E-state index is 12.8. The molecular weight excluding hydrogens is 420 g/mol. The van der Waals surface area contributed by atoms with Crippen molar-refractivity contribution in [2.24, 2.45) is 0 Å². The van der Waals surface area contributed by atoms with Gasteiger partial charge in [-0.05, 0) is 18.2 Å². The molecule has 1 aromatic carbocycles. The Morgan fingerprint density at radius 1 is 1.31 bits per heavy atom. The zero-order valence-electron chi connectivity index (χ0n) is 16.4. The first-order valence-corrected chi connectivity index (χ1v) is 10.7. The van der Waals surface area contributed by atoms with Gasteiger partial charge in [0.15, 0.2) is 0 Å². The quantitative estimate of drug-likeness (QED) is 0.465. The van der Waals surface area contributed by atoms with E-state index in [2.05, 4.69) is 11.9 Å². The van der Waals surface area contributed by atoms with Gasteiger partial charge in [0.1, 0.15) is 4.90 Å². The Balaban J connectivity index is 2.06. The Bertz CT molecular complexity index is 869. The number of nitrogens with one attached hydrogen (secondary N) is 1. The van der Waals surface area contributed by atoms with Crippen molar-refractivity contribution >= 4 is 33.4 Å². The van der Waals surface area contributed by atoms with Crippen LogP contribution in [0.2, 0.25) is 5.02 Å². The molecule has 1 aliphatic heterocycles. The first kappa shape index (κ1) is 23.3. The number of benzene rings is 1. The molecule has 9 nitrogen and oxygen atoms in total. The van der Waals surface area contributed by atoms with Gasteiger partial charge in [-0.25, -0.2) is 8.42 Å². The van der Waals surface area contributed by atoms with E-state index in [4.69, 9.17) is 16.4 Å². The van der Waals surface area contributed by atoms with Gasteiger partial charge >= 0.3 is 0 Å². The Hall–Kier alpha value is -1.98. The highest BCUT2D eigenvalue weighted by Crippen LogP contribution is 2.26. The van der Waals surface area contributed by atoms with Crippen molar-refractivity contribution in [1.82, 2.24) is 19.6 Å². The minimum absolute atomic E-state index is 0.000746. The fourth-order valence-electron chi connectivity index (χ4n) is 2.81. The Morgan fingerprint density at radius 3 is 2.55 bits per heavy atom. The number of hydroxylamine groups is 1. The van der Waals surface area contributed by atoms with Gasteiger partial charge in [-0.15, -0.1) is 6.58 Å². The van der Waals surface area contributed by atoms with Crippen LogP contribution in [-0.2, 0) is 19.7 Å². The van der Waals surface area contributed by atoms with Crippen molar-refractivity contribution in [1.29, 1.82) is 0 Å². The molecule has 1 aromatic rings. The van der Waals surface area contributed by atoms with Crippen molar-refractivity contribution in [3.05, 3.63) is 41.4 Å². The average molecular weight is 445 g/mol. The summed E-state index contributed by atoms with van der Waals surface area (Å²) in [5.74, 6) is -0.395. The van der Waals surface area contributed by atoms with Crippen LogP contribution in [0.3, 0.4) is 0 Å². The number of carbonyl (C=O) groups is 2. The van der Waals surface area contributed by atoms with E-state index in [0.717, 1.165) is 0 Å². The minimum Gasteiger partial charge on any atom is -0.352 e. The van der Waals surface area contributed by atoms with E-state index in [1.165, 1.54) is 32.4 Å².